The third-order valence-corrected chi connectivity index (χ3v) is 3.57. The first-order valence-electron chi connectivity index (χ1n) is 6.08. The minimum Gasteiger partial charge on any atom is -0.467 e. The fraction of sp³-hybridized carbons (Fsp3) is 0.750. The summed E-state index contributed by atoms with van der Waals surface area (Å²) in [4.78, 5) is 8.12. The van der Waals surface area contributed by atoms with Gasteiger partial charge in [-0.1, -0.05) is 17.8 Å². The molecule has 0 saturated carbocycles. The Kier molecular flexibility index (Phi) is 4.18. The number of aromatic nitrogens is 1. The van der Waals surface area contributed by atoms with Crippen LogP contribution in [0.1, 0.15) is 38.0 Å². The van der Waals surface area contributed by atoms with Crippen LogP contribution >= 0.6 is 11.3 Å². The smallest absolute Gasteiger partial charge is 0.273 e. The normalized spacial score (nSPS) is 17.9. The average molecular weight is 240 g/mol. The SMILES string of the molecule is CC(C)Oc1ncc(CN2CCCCC2)s1. The highest BCUT2D eigenvalue weighted by molar-refractivity contribution is 7.13. The van der Waals surface area contributed by atoms with E-state index in [1.165, 1.54) is 37.2 Å². The molecule has 1 aliphatic heterocycles. The van der Waals surface area contributed by atoms with Crippen LogP contribution in [0.5, 0.6) is 5.19 Å². The number of piperidine rings is 1. The largest absolute Gasteiger partial charge is 0.467 e. The van der Waals surface area contributed by atoms with Crippen molar-refractivity contribution in [2.75, 3.05) is 13.1 Å². The lowest BCUT2D eigenvalue weighted by molar-refractivity contribution is 0.222. The predicted molar refractivity (Wildman–Crippen MR) is 67.0 cm³/mol. The van der Waals surface area contributed by atoms with Gasteiger partial charge in [0.1, 0.15) is 0 Å². The van der Waals surface area contributed by atoms with Crippen LogP contribution in [0.25, 0.3) is 0 Å². The van der Waals surface area contributed by atoms with E-state index >= 15 is 0 Å². The van der Waals surface area contributed by atoms with Gasteiger partial charge in [0.2, 0.25) is 0 Å². The van der Waals surface area contributed by atoms with Gasteiger partial charge in [0, 0.05) is 17.6 Å². The van der Waals surface area contributed by atoms with Gasteiger partial charge in [-0.25, -0.2) is 4.98 Å². The first-order valence-corrected chi connectivity index (χ1v) is 6.89. The zero-order chi connectivity index (χ0) is 11.4. The minimum absolute atomic E-state index is 0.217. The molecule has 1 aromatic heterocycles. The summed E-state index contributed by atoms with van der Waals surface area (Å²) < 4.78 is 5.57. The highest BCUT2D eigenvalue weighted by Gasteiger charge is 2.12. The monoisotopic (exact) mass is 240 g/mol. The molecule has 1 aromatic rings. The van der Waals surface area contributed by atoms with E-state index < -0.39 is 0 Å². The third-order valence-electron chi connectivity index (χ3n) is 2.70. The van der Waals surface area contributed by atoms with E-state index in [4.69, 9.17) is 4.74 Å². The van der Waals surface area contributed by atoms with Gasteiger partial charge in [-0.2, -0.15) is 0 Å². The number of hydrogen-bond donors (Lipinski definition) is 0. The van der Waals surface area contributed by atoms with Crippen LogP contribution in [-0.4, -0.2) is 29.1 Å². The van der Waals surface area contributed by atoms with E-state index in [1.807, 2.05) is 20.0 Å². The molecule has 0 spiro atoms. The number of hydrogen-bond acceptors (Lipinski definition) is 4. The van der Waals surface area contributed by atoms with Crippen molar-refractivity contribution in [2.45, 2.75) is 45.8 Å². The van der Waals surface area contributed by atoms with Crippen molar-refractivity contribution in [3.63, 3.8) is 0 Å². The van der Waals surface area contributed by atoms with E-state index in [0.29, 0.717) is 0 Å². The molecule has 3 nitrogen and oxygen atoms in total. The highest BCUT2D eigenvalue weighted by atomic mass is 32.1. The zero-order valence-electron chi connectivity index (χ0n) is 10.1. The first-order chi connectivity index (χ1) is 7.74. The standard InChI is InChI=1S/C12H20N2OS/c1-10(2)15-12-13-8-11(16-12)9-14-6-4-3-5-7-14/h8,10H,3-7,9H2,1-2H3. The molecule has 0 aromatic carbocycles. The van der Waals surface area contributed by atoms with Crippen molar-refractivity contribution in [1.29, 1.82) is 0 Å². The third kappa shape index (κ3) is 3.46. The molecule has 0 atom stereocenters. The number of likely N-dealkylation sites (tertiary alicyclic amines) is 1. The Morgan fingerprint density at radius 2 is 2.12 bits per heavy atom. The van der Waals surface area contributed by atoms with E-state index in [1.54, 1.807) is 11.3 Å². The Labute approximate surface area is 101 Å². The quantitative estimate of drug-likeness (QED) is 0.809. The Morgan fingerprint density at radius 3 is 2.81 bits per heavy atom. The molecule has 0 aliphatic carbocycles. The van der Waals surface area contributed by atoms with Gasteiger partial charge in [0.15, 0.2) is 0 Å². The second-order valence-corrected chi connectivity index (χ2v) is 5.67. The summed E-state index contributed by atoms with van der Waals surface area (Å²) in [7, 11) is 0. The molecule has 0 radical (unpaired) electrons. The van der Waals surface area contributed by atoms with Crippen molar-refractivity contribution in [3.05, 3.63) is 11.1 Å². The molecule has 1 saturated heterocycles. The molecule has 0 bridgehead atoms. The number of nitrogens with zero attached hydrogens (tertiary/aromatic N) is 2. The molecule has 2 heterocycles. The van der Waals surface area contributed by atoms with Crippen molar-refractivity contribution in [1.82, 2.24) is 9.88 Å². The molecule has 4 heteroatoms. The molecule has 0 N–H and O–H groups in total. The summed E-state index contributed by atoms with van der Waals surface area (Å²) in [6, 6.07) is 0. The predicted octanol–water partition coefficient (Wildman–Crippen LogP) is 2.92. The molecule has 0 unspecified atom stereocenters. The van der Waals surface area contributed by atoms with Crippen molar-refractivity contribution in [3.8, 4) is 5.19 Å². The maximum atomic E-state index is 5.57. The average Bonchev–Trinajstić information content (AvgIpc) is 2.66. The Balaban J connectivity index is 1.86. The van der Waals surface area contributed by atoms with Crippen molar-refractivity contribution in [2.24, 2.45) is 0 Å². The lowest BCUT2D eigenvalue weighted by Gasteiger charge is -2.25. The van der Waals surface area contributed by atoms with E-state index in [9.17, 15) is 0 Å². The van der Waals surface area contributed by atoms with Crippen LogP contribution in [-0.2, 0) is 6.54 Å². The fourth-order valence-electron chi connectivity index (χ4n) is 1.96. The summed E-state index contributed by atoms with van der Waals surface area (Å²) in [5, 5.41) is 0.807. The molecular formula is C12H20N2OS. The number of ether oxygens (including phenoxy) is 1. The van der Waals surface area contributed by atoms with E-state index in [-0.39, 0.29) is 6.10 Å². The Bertz CT molecular complexity index is 319. The summed E-state index contributed by atoms with van der Waals surface area (Å²) in [5.41, 5.74) is 0. The molecule has 90 valence electrons. The lowest BCUT2D eigenvalue weighted by Crippen LogP contribution is -2.28. The van der Waals surface area contributed by atoms with Crippen LogP contribution < -0.4 is 4.74 Å². The van der Waals surface area contributed by atoms with Crippen LogP contribution in [0.4, 0.5) is 0 Å². The topological polar surface area (TPSA) is 25.4 Å². The summed E-state index contributed by atoms with van der Waals surface area (Å²) in [6.45, 7) is 7.58. The second kappa shape index (κ2) is 5.64. The molecule has 2 rings (SSSR count). The summed E-state index contributed by atoms with van der Waals surface area (Å²) in [5.74, 6) is 0. The van der Waals surface area contributed by atoms with Gasteiger partial charge in [0.05, 0.1) is 6.10 Å². The molecule has 16 heavy (non-hydrogen) atoms. The van der Waals surface area contributed by atoms with Crippen LogP contribution in [0.2, 0.25) is 0 Å². The Morgan fingerprint density at radius 1 is 1.38 bits per heavy atom. The lowest BCUT2D eigenvalue weighted by atomic mass is 10.1. The van der Waals surface area contributed by atoms with Crippen LogP contribution in [0, 0.1) is 0 Å². The van der Waals surface area contributed by atoms with Gasteiger partial charge in [-0.15, -0.1) is 0 Å². The Hall–Kier alpha value is -0.610. The van der Waals surface area contributed by atoms with Gasteiger partial charge in [-0.05, 0) is 39.8 Å². The zero-order valence-corrected chi connectivity index (χ0v) is 10.9. The molecular weight excluding hydrogens is 220 g/mol. The van der Waals surface area contributed by atoms with E-state index in [0.717, 1.165) is 11.7 Å². The van der Waals surface area contributed by atoms with E-state index in [2.05, 4.69) is 9.88 Å². The molecule has 1 fully saturated rings. The maximum absolute atomic E-state index is 5.57. The minimum atomic E-state index is 0.217. The van der Waals surface area contributed by atoms with Crippen molar-refractivity contribution >= 4 is 11.3 Å². The summed E-state index contributed by atoms with van der Waals surface area (Å²) >= 11 is 1.68. The fourth-order valence-corrected chi connectivity index (χ4v) is 2.88. The number of thiazole rings is 1. The van der Waals surface area contributed by atoms with Gasteiger partial charge in [-0.3, -0.25) is 4.90 Å². The van der Waals surface area contributed by atoms with Crippen LogP contribution in [0.3, 0.4) is 0 Å². The van der Waals surface area contributed by atoms with Crippen LogP contribution in [0.15, 0.2) is 6.20 Å². The maximum Gasteiger partial charge on any atom is 0.273 e. The van der Waals surface area contributed by atoms with Gasteiger partial charge >= 0.3 is 0 Å². The first kappa shape index (κ1) is 11.9. The van der Waals surface area contributed by atoms with Gasteiger partial charge < -0.3 is 4.74 Å². The summed E-state index contributed by atoms with van der Waals surface area (Å²) in [6.07, 6.45) is 6.24. The number of rotatable bonds is 4. The molecule has 1 aliphatic rings. The second-order valence-electron chi connectivity index (χ2n) is 4.60. The van der Waals surface area contributed by atoms with Crippen molar-refractivity contribution < 1.29 is 4.74 Å². The van der Waals surface area contributed by atoms with Gasteiger partial charge in [0.25, 0.3) is 5.19 Å². The molecule has 0 amide bonds. The highest BCUT2D eigenvalue weighted by Crippen LogP contribution is 2.23.